The van der Waals surface area contributed by atoms with Gasteiger partial charge in [0.1, 0.15) is 0 Å². The molecule has 1 rings (SSSR count). The van der Waals surface area contributed by atoms with Crippen LogP contribution in [0.5, 0.6) is 0 Å². The van der Waals surface area contributed by atoms with Gasteiger partial charge in [0.05, 0.1) is 5.60 Å². The first-order valence-corrected chi connectivity index (χ1v) is 6.79. The molecule has 16 heavy (non-hydrogen) atoms. The highest BCUT2D eigenvalue weighted by atomic mass is 32.2. The second kappa shape index (κ2) is 5.60. The molecule has 1 unspecified atom stereocenters. The van der Waals surface area contributed by atoms with E-state index in [-0.39, 0.29) is 5.92 Å². The molecule has 0 aliphatic carbocycles. The molecule has 2 nitrogen and oxygen atoms in total. The van der Waals surface area contributed by atoms with E-state index in [1.807, 2.05) is 39.0 Å². The Morgan fingerprint density at radius 3 is 2.56 bits per heavy atom. The average Bonchev–Trinajstić information content (AvgIpc) is 2.26. The van der Waals surface area contributed by atoms with Crippen LogP contribution in [-0.4, -0.2) is 23.5 Å². The van der Waals surface area contributed by atoms with Crippen molar-refractivity contribution in [3.63, 3.8) is 0 Å². The zero-order valence-electron chi connectivity index (χ0n) is 10.4. The third-order valence-electron chi connectivity index (χ3n) is 2.99. The largest absolute Gasteiger partial charge is 0.388 e. The number of para-hydroxylation sites is 1. The van der Waals surface area contributed by atoms with Gasteiger partial charge in [0, 0.05) is 17.1 Å². The molecule has 1 aromatic rings. The quantitative estimate of drug-likeness (QED) is 0.774. The number of benzene rings is 1. The Balaban J connectivity index is 2.67. The number of hydrogen-bond acceptors (Lipinski definition) is 3. The zero-order valence-corrected chi connectivity index (χ0v) is 11.3. The Morgan fingerprint density at radius 1 is 1.38 bits per heavy atom. The first-order valence-electron chi connectivity index (χ1n) is 5.56. The molecular weight excluding hydrogens is 218 g/mol. The number of hydrogen-bond donors (Lipinski definition) is 2. The molecule has 2 N–H and O–H groups in total. The summed E-state index contributed by atoms with van der Waals surface area (Å²) in [7, 11) is 0. The maximum Gasteiger partial charge on any atom is 0.0813 e. The molecule has 0 spiro atoms. The van der Waals surface area contributed by atoms with Crippen molar-refractivity contribution in [2.45, 2.75) is 31.3 Å². The molecule has 0 bridgehead atoms. The predicted octanol–water partition coefficient (Wildman–Crippen LogP) is 3.23. The Hall–Kier alpha value is -0.670. The first kappa shape index (κ1) is 13.4. The number of anilines is 1. The van der Waals surface area contributed by atoms with Crippen molar-refractivity contribution in [2.75, 3.05) is 18.1 Å². The van der Waals surface area contributed by atoms with Crippen LogP contribution in [0, 0.1) is 5.92 Å². The molecule has 0 radical (unpaired) electrons. The van der Waals surface area contributed by atoms with E-state index in [9.17, 15) is 5.11 Å². The lowest BCUT2D eigenvalue weighted by Gasteiger charge is -2.28. The average molecular weight is 239 g/mol. The minimum absolute atomic E-state index is 0.237. The Labute approximate surface area is 102 Å². The second-order valence-electron chi connectivity index (χ2n) is 4.57. The van der Waals surface area contributed by atoms with Crippen LogP contribution in [-0.2, 0) is 0 Å². The summed E-state index contributed by atoms with van der Waals surface area (Å²) in [5, 5.41) is 13.5. The maximum atomic E-state index is 10.1. The minimum Gasteiger partial charge on any atom is -0.388 e. The molecule has 0 saturated heterocycles. The topological polar surface area (TPSA) is 32.3 Å². The van der Waals surface area contributed by atoms with Gasteiger partial charge in [-0.25, -0.2) is 0 Å². The van der Waals surface area contributed by atoms with Gasteiger partial charge in [-0.2, -0.15) is 0 Å². The molecule has 0 aliphatic rings. The fraction of sp³-hybridized carbons (Fsp3) is 0.538. The van der Waals surface area contributed by atoms with Crippen molar-refractivity contribution < 1.29 is 5.11 Å². The lowest BCUT2D eigenvalue weighted by molar-refractivity contribution is 0.0266. The van der Waals surface area contributed by atoms with E-state index in [4.69, 9.17) is 0 Å². The second-order valence-corrected chi connectivity index (χ2v) is 5.41. The van der Waals surface area contributed by atoms with E-state index in [0.717, 1.165) is 5.69 Å². The van der Waals surface area contributed by atoms with Gasteiger partial charge < -0.3 is 10.4 Å². The molecular formula is C13H21NOS. The zero-order chi connectivity index (χ0) is 12.2. The van der Waals surface area contributed by atoms with Crippen LogP contribution in [0.1, 0.15) is 20.8 Å². The molecule has 0 amide bonds. The van der Waals surface area contributed by atoms with Crippen molar-refractivity contribution in [2.24, 2.45) is 5.92 Å². The SMILES string of the molecule is CSc1ccccc1NCC(C)(O)C(C)C. The van der Waals surface area contributed by atoms with Gasteiger partial charge in [-0.15, -0.1) is 11.8 Å². The highest BCUT2D eigenvalue weighted by Crippen LogP contribution is 2.26. The van der Waals surface area contributed by atoms with E-state index in [1.165, 1.54) is 4.90 Å². The predicted molar refractivity (Wildman–Crippen MR) is 72.2 cm³/mol. The third kappa shape index (κ3) is 3.42. The fourth-order valence-corrected chi connectivity index (χ4v) is 1.84. The van der Waals surface area contributed by atoms with E-state index < -0.39 is 5.60 Å². The summed E-state index contributed by atoms with van der Waals surface area (Å²) >= 11 is 1.71. The monoisotopic (exact) mass is 239 g/mol. The summed E-state index contributed by atoms with van der Waals surface area (Å²) in [6.07, 6.45) is 2.06. The van der Waals surface area contributed by atoms with Gasteiger partial charge in [0.15, 0.2) is 0 Å². The highest BCUT2D eigenvalue weighted by Gasteiger charge is 2.24. The minimum atomic E-state index is -0.675. The van der Waals surface area contributed by atoms with Crippen LogP contribution < -0.4 is 5.32 Å². The summed E-state index contributed by atoms with van der Waals surface area (Å²) in [4.78, 5) is 1.21. The Bertz CT molecular complexity index is 336. The van der Waals surface area contributed by atoms with E-state index in [2.05, 4.69) is 17.6 Å². The molecule has 0 heterocycles. The summed E-state index contributed by atoms with van der Waals surface area (Å²) in [6, 6.07) is 8.16. The van der Waals surface area contributed by atoms with Crippen molar-refractivity contribution in [1.82, 2.24) is 0 Å². The van der Waals surface area contributed by atoms with Crippen molar-refractivity contribution >= 4 is 17.4 Å². The van der Waals surface area contributed by atoms with Crippen LogP contribution in [0.3, 0.4) is 0 Å². The van der Waals surface area contributed by atoms with Crippen molar-refractivity contribution in [1.29, 1.82) is 0 Å². The molecule has 3 heteroatoms. The van der Waals surface area contributed by atoms with Gasteiger partial charge >= 0.3 is 0 Å². The van der Waals surface area contributed by atoms with Crippen molar-refractivity contribution in [3.8, 4) is 0 Å². The van der Waals surface area contributed by atoms with Gasteiger partial charge in [0.25, 0.3) is 0 Å². The summed E-state index contributed by atoms with van der Waals surface area (Å²) in [6.45, 7) is 6.50. The van der Waals surface area contributed by atoms with E-state index in [1.54, 1.807) is 11.8 Å². The number of thioether (sulfide) groups is 1. The van der Waals surface area contributed by atoms with Crippen LogP contribution in [0.2, 0.25) is 0 Å². The Kier molecular flexibility index (Phi) is 4.69. The molecule has 0 aliphatic heterocycles. The summed E-state index contributed by atoms with van der Waals surface area (Å²) in [5.41, 5.74) is 0.418. The maximum absolute atomic E-state index is 10.1. The normalized spacial score (nSPS) is 14.9. The summed E-state index contributed by atoms with van der Waals surface area (Å²) < 4.78 is 0. The third-order valence-corrected chi connectivity index (χ3v) is 3.78. The van der Waals surface area contributed by atoms with Crippen LogP contribution >= 0.6 is 11.8 Å². The van der Waals surface area contributed by atoms with Crippen LogP contribution in [0.25, 0.3) is 0 Å². The van der Waals surface area contributed by atoms with Crippen LogP contribution in [0.4, 0.5) is 5.69 Å². The van der Waals surface area contributed by atoms with Crippen LogP contribution in [0.15, 0.2) is 29.2 Å². The number of nitrogens with one attached hydrogen (secondary N) is 1. The highest BCUT2D eigenvalue weighted by molar-refractivity contribution is 7.98. The van der Waals surface area contributed by atoms with Gasteiger partial charge in [-0.05, 0) is 31.2 Å². The number of rotatable bonds is 5. The van der Waals surface area contributed by atoms with Gasteiger partial charge in [0.2, 0.25) is 0 Å². The fourth-order valence-electron chi connectivity index (χ4n) is 1.27. The molecule has 90 valence electrons. The molecule has 0 fully saturated rings. The van der Waals surface area contributed by atoms with Gasteiger partial charge in [-0.3, -0.25) is 0 Å². The molecule has 0 aromatic heterocycles. The standard InChI is InChI=1S/C13H21NOS/c1-10(2)13(3,15)9-14-11-7-5-6-8-12(11)16-4/h5-8,10,14-15H,9H2,1-4H3. The summed E-state index contributed by atoms with van der Waals surface area (Å²) in [5.74, 6) is 0.237. The van der Waals surface area contributed by atoms with Crippen molar-refractivity contribution in [3.05, 3.63) is 24.3 Å². The molecule has 1 atom stereocenters. The molecule has 0 saturated carbocycles. The van der Waals surface area contributed by atoms with Gasteiger partial charge in [-0.1, -0.05) is 26.0 Å². The smallest absolute Gasteiger partial charge is 0.0813 e. The Morgan fingerprint density at radius 2 is 2.00 bits per heavy atom. The number of aliphatic hydroxyl groups is 1. The lowest BCUT2D eigenvalue weighted by Crippen LogP contribution is -2.38. The first-order chi connectivity index (χ1) is 7.47. The van der Waals surface area contributed by atoms with E-state index in [0.29, 0.717) is 6.54 Å². The van der Waals surface area contributed by atoms with E-state index >= 15 is 0 Å². The lowest BCUT2D eigenvalue weighted by atomic mass is 9.92. The molecule has 1 aromatic carbocycles.